The predicted octanol–water partition coefficient (Wildman–Crippen LogP) is 2.08. The third-order valence-corrected chi connectivity index (χ3v) is 2.76. The molecule has 3 heteroatoms. The van der Waals surface area contributed by atoms with Gasteiger partial charge in [-0.1, -0.05) is 37.6 Å². The van der Waals surface area contributed by atoms with Crippen LogP contribution in [0, 0.1) is 0 Å². The molecule has 2 rings (SSSR count). The molecule has 16 heavy (non-hydrogen) atoms. The highest BCUT2D eigenvalue weighted by atomic mass is 16.1. The van der Waals surface area contributed by atoms with Crippen LogP contribution in [-0.4, -0.2) is 11.6 Å². The van der Waals surface area contributed by atoms with E-state index >= 15 is 0 Å². The molecule has 1 aromatic carbocycles. The lowest BCUT2D eigenvalue weighted by molar-refractivity contribution is 0.0970. The fraction of sp³-hybridized carbons (Fsp3) is 0.231. The molecule has 0 spiro atoms. The smallest absolute Gasteiger partial charge is 0.209 e. The summed E-state index contributed by atoms with van der Waals surface area (Å²) in [4.78, 5) is 24.0. The number of allylic oxidation sites excluding steroid dienone is 2. The Hall–Kier alpha value is -1.90. The lowest BCUT2D eigenvalue weighted by Crippen LogP contribution is -2.26. The van der Waals surface area contributed by atoms with Crippen LogP contribution in [0.15, 0.2) is 35.5 Å². The van der Waals surface area contributed by atoms with Gasteiger partial charge in [-0.3, -0.25) is 9.59 Å². The summed E-state index contributed by atoms with van der Waals surface area (Å²) in [5, 5.41) is 0. The summed E-state index contributed by atoms with van der Waals surface area (Å²) in [6, 6.07) is 6.82. The second-order valence-corrected chi connectivity index (χ2v) is 3.85. The zero-order valence-corrected chi connectivity index (χ0v) is 9.12. The molecule has 82 valence electrons. The van der Waals surface area contributed by atoms with Crippen molar-refractivity contribution in [1.82, 2.24) is 0 Å². The molecule has 1 aliphatic carbocycles. The lowest BCUT2D eigenvalue weighted by Gasteiger charge is -2.17. The van der Waals surface area contributed by atoms with Crippen molar-refractivity contribution >= 4 is 11.6 Å². The van der Waals surface area contributed by atoms with Gasteiger partial charge in [0, 0.05) is 16.7 Å². The molecule has 0 saturated carbocycles. The Balaban J connectivity index is 2.58. The van der Waals surface area contributed by atoms with E-state index in [4.69, 9.17) is 5.73 Å². The molecule has 0 bridgehead atoms. The molecule has 0 heterocycles. The highest BCUT2D eigenvalue weighted by Gasteiger charge is 2.29. The highest BCUT2D eigenvalue weighted by molar-refractivity contribution is 6.26. The Morgan fingerprint density at radius 1 is 1.06 bits per heavy atom. The summed E-state index contributed by atoms with van der Waals surface area (Å²) >= 11 is 0. The van der Waals surface area contributed by atoms with Crippen LogP contribution in [-0.2, 0) is 0 Å². The molecule has 0 fully saturated rings. The zero-order valence-electron chi connectivity index (χ0n) is 9.12. The first-order valence-corrected chi connectivity index (χ1v) is 5.33. The zero-order chi connectivity index (χ0) is 11.7. The predicted molar refractivity (Wildman–Crippen MR) is 61.2 cm³/mol. The summed E-state index contributed by atoms with van der Waals surface area (Å²) in [6.07, 6.45) is 1.36. The molecule has 3 nitrogen and oxygen atoms in total. The molecule has 0 aromatic heterocycles. The van der Waals surface area contributed by atoms with E-state index in [0.29, 0.717) is 23.1 Å². The first-order chi connectivity index (χ1) is 7.66. The average molecular weight is 215 g/mol. The van der Waals surface area contributed by atoms with Crippen LogP contribution >= 0.6 is 0 Å². The Morgan fingerprint density at radius 2 is 1.62 bits per heavy atom. The van der Waals surface area contributed by atoms with Gasteiger partial charge in [0.15, 0.2) is 5.78 Å². The summed E-state index contributed by atoms with van der Waals surface area (Å²) in [6.45, 7) is 1.96. The van der Waals surface area contributed by atoms with Crippen molar-refractivity contribution in [3.05, 3.63) is 46.7 Å². The van der Waals surface area contributed by atoms with E-state index in [9.17, 15) is 9.59 Å². The van der Waals surface area contributed by atoms with Crippen molar-refractivity contribution in [2.24, 2.45) is 5.73 Å². The summed E-state index contributed by atoms with van der Waals surface area (Å²) in [5.74, 6) is -0.326. The quantitative estimate of drug-likeness (QED) is 0.821. The molecule has 0 amide bonds. The number of carbonyl (C=O) groups excluding carboxylic acids is 2. The number of benzene rings is 1. The largest absolute Gasteiger partial charge is 0.395 e. The Morgan fingerprint density at radius 3 is 2.19 bits per heavy atom. The van der Waals surface area contributed by atoms with Crippen molar-refractivity contribution in [2.75, 3.05) is 0 Å². The molecular weight excluding hydrogens is 202 g/mol. The van der Waals surface area contributed by atoms with Gasteiger partial charge >= 0.3 is 0 Å². The monoisotopic (exact) mass is 215 g/mol. The first kappa shape index (κ1) is 10.6. The van der Waals surface area contributed by atoms with Crippen molar-refractivity contribution in [1.29, 1.82) is 0 Å². The summed E-state index contributed by atoms with van der Waals surface area (Å²) < 4.78 is 0. The van der Waals surface area contributed by atoms with Crippen LogP contribution < -0.4 is 5.73 Å². The van der Waals surface area contributed by atoms with Crippen LogP contribution in [0.3, 0.4) is 0 Å². The number of hydrogen-bond acceptors (Lipinski definition) is 3. The van der Waals surface area contributed by atoms with Gasteiger partial charge in [-0.2, -0.15) is 0 Å². The minimum atomic E-state index is -0.223. The van der Waals surface area contributed by atoms with Gasteiger partial charge < -0.3 is 5.73 Å². The normalized spacial score (nSPS) is 15.3. The Bertz CT molecular complexity index is 500. The third-order valence-electron chi connectivity index (χ3n) is 2.76. The second-order valence-electron chi connectivity index (χ2n) is 3.85. The SMILES string of the molecule is CCCC1=C(N)C(=O)c2ccccc2C1=O. The van der Waals surface area contributed by atoms with Crippen LogP contribution in [0.2, 0.25) is 0 Å². The van der Waals surface area contributed by atoms with E-state index in [2.05, 4.69) is 0 Å². The van der Waals surface area contributed by atoms with Gasteiger partial charge in [0.2, 0.25) is 5.78 Å². The molecule has 2 N–H and O–H groups in total. The number of carbonyl (C=O) groups is 2. The van der Waals surface area contributed by atoms with E-state index in [0.717, 1.165) is 6.42 Å². The van der Waals surface area contributed by atoms with E-state index in [1.165, 1.54) is 0 Å². The minimum Gasteiger partial charge on any atom is -0.395 e. The van der Waals surface area contributed by atoms with Crippen molar-refractivity contribution in [3.63, 3.8) is 0 Å². The highest BCUT2D eigenvalue weighted by Crippen LogP contribution is 2.26. The van der Waals surface area contributed by atoms with E-state index in [-0.39, 0.29) is 17.3 Å². The molecule has 0 aliphatic heterocycles. The molecule has 0 radical (unpaired) electrons. The Kier molecular flexibility index (Phi) is 2.60. The Labute approximate surface area is 94.0 Å². The van der Waals surface area contributed by atoms with Gasteiger partial charge in [0.1, 0.15) is 0 Å². The van der Waals surface area contributed by atoms with Crippen LogP contribution in [0.1, 0.15) is 40.5 Å². The van der Waals surface area contributed by atoms with Crippen LogP contribution in [0.25, 0.3) is 0 Å². The van der Waals surface area contributed by atoms with Gasteiger partial charge in [-0.25, -0.2) is 0 Å². The van der Waals surface area contributed by atoms with Gasteiger partial charge in [-0.05, 0) is 6.42 Å². The minimum absolute atomic E-state index is 0.102. The van der Waals surface area contributed by atoms with Gasteiger partial charge in [0.25, 0.3) is 0 Å². The molecular formula is C13H13NO2. The van der Waals surface area contributed by atoms with E-state index in [1.807, 2.05) is 6.92 Å². The molecule has 0 saturated heterocycles. The van der Waals surface area contributed by atoms with Gasteiger partial charge in [-0.15, -0.1) is 0 Å². The molecule has 0 unspecified atom stereocenters. The van der Waals surface area contributed by atoms with Crippen molar-refractivity contribution in [3.8, 4) is 0 Å². The standard InChI is InChI=1S/C13H13NO2/c1-2-5-10-11(14)13(16)9-7-4-3-6-8(9)12(10)15/h3-4,6-7H,2,5,14H2,1H3. The molecule has 0 atom stereocenters. The molecule has 1 aliphatic rings. The maximum absolute atomic E-state index is 12.1. The summed E-state index contributed by atoms with van der Waals surface area (Å²) in [5.41, 5.74) is 7.20. The van der Waals surface area contributed by atoms with E-state index < -0.39 is 0 Å². The van der Waals surface area contributed by atoms with Crippen LogP contribution in [0.5, 0.6) is 0 Å². The number of nitrogens with two attached hydrogens (primary N) is 1. The maximum Gasteiger partial charge on any atom is 0.209 e. The van der Waals surface area contributed by atoms with Crippen molar-refractivity contribution in [2.45, 2.75) is 19.8 Å². The third kappa shape index (κ3) is 1.45. The average Bonchev–Trinajstić information content (AvgIpc) is 2.32. The number of Topliss-reactive ketones (excluding diaryl/α,β-unsaturated/α-hetero) is 2. The van der Waals surface area contributed by atoms with Gasteiger partial charge in [0.05, 0.1) is 5.70 Å². The summed E-state index contributed by atoms with van der Waals surface area (Å²) in [7, 11) is 0. The fourth-order valence-corrected chi connectivity index (χ4v) is 1.94. The topological polar surface area (TPSA) is 60.2 Å². The van der Waals surface area contributed by atoms with Crippen molar-refractivity contribution < 1.29 is 9.59 Å². The fourth-order valence-electron chi connectivity index (χ4n) is 1.94. The van der Waals surface area contributed by atoms with Crippen LogP contribution in [0.4, 0.5) is 0 Å². The first-order valence-electron chi connectivity index (χ1n) is 5.33. The van der Waals surface area contributed by atoms with E-state index in [1.54, 1.807) is 24.3 Å². The molecule has 1 aromatic rings. The number of fused-ring (bicyclic) bond motifs is 1. The number of rotatable bonds is 2. The lowest BCUT2D eigenvalue weighted by atomic mass is 9.86. The number of hydrogen-bond donors (Lipinski definition) is 1. The second kappa shape index (κ2) is 3.93. The maximum atomic E-state index is 12.1. The number of ketones is 2.